The number of hydrogen-bond donors (Lipinski definition) is 5. The Hall–Kier alpha value is 0.840. The van der Waals surface area contributed by atoms with E-state index in [1.165, 1.54) is 0 Å². The van der Waals surface area contributed by atoms with Gasteiger partial charge in [-0.05, 0) is 11.8 Å². The highest BCUT2D eigenvalue weighted by Crippen LogP contribution is 2.26. The number of hydrogen-bond acceptors (Lipinski definition) is 3. The Morgan fingerprint density at radius 3 is 1.56 bits per heavy atom. The Kier molecular flexibility index (Phi) is 9.67. The molecule has 7 heteroatoms. The molecule has 0 atom stereocenters. The molecule has 0 aromatic carbocycles. The van der Waals surface area contributed by atoms with Crippen LogP contribution in [0.15, 0.2) is 0 Å². The standard InChI is InChI=1S/C2H7NS.H3O3PS/c3-1-2-4;1-4(2,3)5/h4H,1-3H2;(H3,1,2,3,5). The van der Waals surface area contributed by atoms with E-state index in [0.29, 0.717) is 6.54 Å². The van der Waals surface area contributed by atoms with Gasteiger partial charge in [0.15, 0.2) is 0 Å². The largest absolute Gasteiger partial charge is 0.330 e. The topological polar surface area (TPSA) is 86.7 Å². The fourth-order valence-electron chi connectivity index (χ4n) is 0. The molecule has 0 rings (SSSR count). The van der Waals surface area contributed by atoms with Gasteiger partial charge < -0.3 is 20.4 Å². The quantitative estimate of drug-likeness (QED) is 0.273. The summed E-state index contributed by atoms with van der Waals surface area (Å²) in [5.74, 6) is 0.792. The van der Waals surface area contributed by atoms with Crippen LogP contribution in [0.4, 0.5) is 0 Å². The van der Waals surface area contributed by atoms with Crippen molar-refractivity contribution in [2.45, 2.75) is 0 Å². The van der Waals surface area contributed by atoms with Crippen LogP contribution in [0.2, 0.25) is 0 Å². The Labute approximate surface area is 64.4 Å². The highest BCUT2D eigenvalue weighted by atomic mass is 32.5. The van der Waals surface area contributed by atoms with E-state index in [9.17, 15) is 0 Å². The number of thiol groups is 1. The maximum Gasteiger partial charge on any atom is 0.319 e. The van der Waals surface area contributed by atoms with Crippen LogP contribution in [0.5, 0.6) is 0 Å². The van der Waals surface area contributed by atoms with Gasteiger partial charge in [0.25, 0.3) is 0 Å². The van der Waals surface area contributed by atoms with E-state index in [4.69, 9.17) is 20.4 Å². The van der Waals surface area contributed by atoms with Gasteiger partial charge >= 0.3 is 6.72 Å². The summed E-state index contributed by atoms with van der Waals surface area (Å²) in [5, 5.41) is 0. The second-order valence-electron chi connectivity index (χ2n) is 1.03. The molecule has 0 aliphatic carbocycles. The smallest absolute Gasteiger partial charge is 0.319 e. The van der Waals surface area contributed by atoms with Crippen LogP contribution in [-0.2, 0) is 11.8 Å². The van der Waals surface area contributed by atoms with Gasteiger partial charge in [0.05, 0.1) is 0 Å². The van der Waals surface area contributed by atoms with Crippen molar-refractivity contribution in [2.75, 3.05) is 12.3 Å². The predicted molar refractivity (Wildman–Crippen MR) is 43.8 cm³/mol. The molecule has 0 aliphatic rings. The first-order chi connectivity index (χ1) is 3.91. The second-order valence-corrected chi connectivity index (χ2v) is 3.97. The molecular weight excluding hydrogens is 181 g/mol. The normalized spacial score (nSPS) is 9.89. The van der Waals surface area contributed by atoms with Crippen molar-refractivity contribution in [3.8, 4) is 0 Å². The van der Waals surface area contributed by atoms with Crippen LogP contribution >= 0.6 is 19.3 Å². The highest BCUT2D eigenvalue weighted by molar-refractivity contribution is 8.06. The van der Waals surface area contributed by atoms with Crippen molar-refractivity contribution < 1.29 is 14.7 Å². The molecule has 4 nitrogen and oxygen atoms in total. The molecule has 0 spiro atoms. The molecule has 9 heavy (non-hydrogen) atoms. The van der Waals surface area contributed by atoms with Gasteiger partial charge in [-0.15, -0.1) is 0 Å². The fraction of sp³-hybridized carbons (Fsp3) is 1.00. The molecule has 0 heterocycles. The van der Waals surface area contributed by atoms with Gasteiger partial charge in [0.2, 0.25) is 0 Å². The SMILES string of the molecule is NCCS.OP(O)(O)=S. The summed E-state index contributed by atoms with van der Waals surface area (Å²) in [5.41, 5.74) is 4.95. The Morgan fingerprint density at radius 2 is 1.56 bits per heavy atom. The van der Waals surface area contributed by atoms with Crippen molar-refractivity contribution in [2.24, 2.45) is 5.73 Å². The Bertz CT molecular complexity index is 83.5. The molecular formula is C2H10NO3PS2. The molecule has 0 saturated carbocycles. The molecule has 0 saturated heterocycles. The first kappa shape index (κ1) is 12.5. The van der Waals surface area contributed by atoms with E-state index in [1.54, 1.807) is 0 Å². The van der Waals surface area contributed by atoms with Crippen LogP contribution in [-0.4, -0.2) is 27.0 Å². The van der Waals surface area contributed by atoms with Crippen molar-refractivity contribution in [3.63, 3.8) is 0 Å². The van der Waals surface area contributed by atoms with E-state index >= 15 is 0 Å². The lowest BCUT2D eigenvalue weighted by Gasteiger charge is -1.88. The molecule has 58 valence electrons. The maximum absolute atomic E-state index is 7.56. The lowest BCUT2D eigenvalue weighted by molar-refractivity contribution is 0.363. The first-order valence-corrected chi connectivity index (χ1v) is 5.30. The van der Waals surface area contributed by atoms with Crippen LogP contribution in [0.3, 0.4) is 0 Å². The van der Waals surface area contributed by atoms with Gasteiger partial charge in [0, 0.05) is 12.3 Å². The van der Waals surface area contributed by atoms with E-state index in [-0.39, 0.29) is 0 Å². The molecule has 5 N–H and O–H groups in total. The third-order valence-electron chi connectivity index (χ3n) is 0.129. The minimum Gasteiger partial charge on any atom is -0.330 e. The lowest BCUT2D eigenvalue weighted by atomic mass is 10.8. The number of nitrogens with two attached hydrogens (primary N) is 1. The highest BCUT2D eigenvalue weighted by Gasteiger charge is 1.92. The van der Waals surface area contributed by atoms with Gasteiger partial charge in [0.1, 0.15) is 0 Å². The Morgan fingerprint density at radius 1 is 1.44 bits per heavy atom. The van der Waals surface area contributed by atoms with Gasteiger partial charge in [-0.2, -0.15) is 12.6 Å². The van der Waals surface area contributed by atoms with Crippen molar-refractivity contribution in [1.29, 1.82) is 0 Å². The monoisotopic (exact) mass is 191 g/mol. The van der Waals surface area contributed by atoms with Gasteiger partial charge in [-0.3, -0.25) is 0 Å². The lowest BCUT2D eigenvalue weighted by Crippen LogP contribution is -1.97. The molecule has 0 aromatic rings. The zero-order chi connectivity index (χ0) is 7.91. The molecule has 0 aliphatic heterocycles. The van der Waals surface area contributed by atoms with Gasteiger partial charge in [-0.1, -0.05) is 0 Å². The zero-order valence-corrected chi connectivity index (χ0v) is 7.24. The van der Waals surface area contributed by atoms with Crippen LogP contribution in [0.25, 0.3) is 0 Å². The van der Waals surface area contributed by atoms with Crippen molar-refractivity contribution in [3.05, 3.63) is 0 Å². The molecule has 0 unspecified atom stereocenters. The predicted octanol–water partition coefficient (Wildman–Crippen LogP) is -0.937. The van der Waals surface area contributed by atoms with E-state index in [0.717, 1.165) is 5.75 Å². The summed E-state index contributed by atoms with van der Waals surface area (Å²) in [6, 6.07) is 0. The third kappa shape index (κ3) is 122. The summed E-state index contributed by atoms with van der Waals surface area (Å²) in [6.07, 6.45) is 0. The minimum atomic E-state index is -3.81. The maximum atomic E-state index is 7.56. The van der Waals surface area contributed by atoms with Gasteiger partial charge in [-0.25, -0.2) is 0 Å². The molecule has 0 aromatic heterocycles. The third-order valence-corrected chi connectivity index (χ3v) is 0.387. The second kappa shape index (κ2) is 6.95. The zero-order valence-electron chi connectivity index (χ0n) is 4.64. The summed E-state index contributed by atoms with van der Waals surface area (Å²) >= 11 is 7.40. The fourth-order valence-corrected chi connectivity index (χ4v) is 0. The summed E-state index contributed by atoms with van der Waals surface area (Å²) < 4.78 is 0. The molecule has 0 fully saturated rings. The van der Waals surface area contributed by atoms with Crippen molar-refractivity contribution in [1.82, 2.24) is 0 Å². The average Bonchev–Trinajstić information content (AvgIpc) is 1.61. The molecule has 0 radical (unpaired) electrons. The molecule has 0 amide bonds. The summed E-state index contributed by atoms with van der Waals surface area (Å²) in [7, 11) is 0. The van der Waals surface area contributed by atoms with E-state index in [1.807, 2.05) is 0 Å². The van der Waals surface area contributed by atoms with Crippen LogP contribution in [0, 0.1) is 0 Å². The van der Waals surface area contributed by atoms with Crippen LogP contribution < -0.4 is 5.73 Å². The first-order valence-electron chi connectivity index (χ1n) is 2.01. The molecule has 0 bridgehead atoms. The summed E-state index contributed by atoms with van der Waals surface area (Å²) in [6.45, 7) is -3.12. The van der Waals surface area contributed by atoms with Crippen LogP contribution in [0.1, 0.15) is 0 Å². The number of rotatable bonds is 1. The minimum absolute atomic E-state index is 0.684. The average molecular weight is 191 g/mol. The summed E-state index contributed by atoms with van der Waals surface area (Å²) in [4.78, 5) is 22.7. The van der Waals surface area contributed by atoms with E-state index in [2.05, 4.69) is 24.4 Å². The van der Waals surface area contributed by atoms with Crippen molar-refractivity contribution >= 4 is 31.2 Å². The van der Waals surface area contributed by atoms with E-state index < -0.39 is 6.72 Å². The Balaban J connectivity index is 0.